The fraction of sp³-hybridized carbons (Fsp3) is 0.200. The number of halogens is 1. The summed E-state index contributed by atoms with van der Waals surface area (Å²) in [5, 5.41) is 2.55. The number of thiazole rings is 1. The van der Waals surface area contributed by atoms with E-state index in [2.05, 4.69) is 9.72 Å². The molecule has 0 saturated carbocycles. The summed E-state index contributed by atoms with van der Waals surface area (Å²) in [6.45, 7) is 0.167. The fourth-order valence-corrected chi connectivity index (χ4v) is 1.02. The van der Waals surface area contributed by atoms with E-state index in [1.807, 2.05) is 0 Å². The molecule has 54 valence electrons. The summed E-state index contributed by atoms with van der Waals surface area (Å²) in [7, 11) is 0. The van der Waals surface area contributed by atoms with Gasteiger partial charge in [-0.05, 0) is 0 Å². The summed E-state index contributed by atoms with van der Waals surface area (Å²) in [5.41, 5.74) is -0.796. The highest BCUT2D eigenvalue weighted by Crippen LogP contribution is 2.05. The van der Waals surface area contributed by atoms with Crippen molar-refractivity contribution < 1.29 is 9.53 Å². The quantitative estimate of drug-likeness (QED) is 0.649. The van der Waals surface area contributed by atoms with Crippen LogP contribution < -0.4 is 0 Å². The van der Waals surface area contributed by atoms with Gasteiger partial charge in [-0.3, -0.25) is 0 Å². The predicted octanol–water partition coefficient (Wildman–Crippen LogP) is 2.02. The van der Waals surface area contributed by atoms with Gasteiger partial charge in [-0.25, -0.2) is 9.78 Å². The average Bonchev–Trinajstić information content (AvgIpc) is 2.34. The van der Waals surface area contributed by atoms with Gasteiger partial charge in [-0.2, -0.15) is 0 Å². The Morgan fingerprint density at radius 3 is 3.20 bits per heavy atom. The standard InChI is InChI=1S/C5H4ClNO2S/c6-5(8)9-3-4-7-1-2-10-4/h1-2H,3H2. The third kappa shape index (κ3) is 2.33. The number of aromatic nitrogens is 1. The third-order valence-electron chi connectivity index (χ3n) is 0.793. The normalized spacial score (nSPS) is 9.30. The van der Waals surface area contributed by atoms with Crippen molar-refractivity contribution in [2.45, 2.75) is 6.61 Å². The molecule has 0 aliphatic heterocycles. The second-order valence-corrected chi connectivity index (χ2v) is 2.74. The van der Waals surface area contributed by atoms with Crippen molar-refractivity contribution in [2.75, 3.05) is 0 Å². The second-order valence-electron chi connectivity index (χ2n) is 1.45. The molecule has 0 radical (unpaired) electrons. The number of hydrogen-bond donors (Lipinski definition) is 0. The van der Waals surface area contributed by atoms with Gasteiger partial charge >= 0.3 is 5.43 Å². The van der Waals surface area contributed by atoms with Gasteiger partial charge in [-0.15, -0.1) is 11.3 Å². The highest BCUT2D eigenvalue weighted by molar-refractivity contribution is 7.09. The molecule has 1 aromatic heterocycles. The first-order valence-corrected chi connectivity index (χ1v) is 3.75. The molecule has 5 heteroatoms. The zero-order valence-corrected chi connectivity index (χ0v) is 6.48. The number of ether oxygens (including phenoxy) is 1. The van der Waals surface area contributed by atoms with Crippen molar-refractivity contribution in [2.24, 2.45) is 0 Å². The van der Waals surface area contributed by atoms with Gasteiger partial charge in [0.1, 0.15) is 11.6 Å². The Bertz CT molecular complexity index is 211. The van der Waals surface area contributed by atoms with E-state index >= 15 is 0 Å². The molecular weight excluding hydrogens is 174 g/mol. The molecule has 0 unspecified atom stereocenters. The third-order valence-corrected chi connectivity index (χ3v) is 1.65. The van der Waals surface area contributed by atoms with E-state index in [1.54, 1.807) is 11.6 Å². The summed E-state index contributed by atoms with van der Waals surface area (Å²) < 4.78 is 4.46. The Morgan fingerprint density at radius 1 is 1.90 bits per heavy atom. The van der Waals surface area contributed by atoms with Gasteiger partial charge in [0.05, 0.1) is 0 Å². The van der Waals surface area contributed by atoms with Crippen LogP contribution in [0, 0.1) is 0 Å². The van der Waals surface area contributed by atoms with Gasteiger partial charge < -0.3 is 4.74 Å². The Morgan fingerprint density at radius 2 is 2.70 bits per heavy atom. The van der Waals surface area contributed by atoms with Crippen LogP contribution in [-0.4, -0.2) is 10.4 Å². The molecule has 0 N–H and O–H groups in total. The highest BCUT2D eigenvalue weighted by atomic mass is 35.5. The summed E-state index contributed by atoms with van der Waals surface area (Å²) in [4.78, 5) is 13.9. The zero-order chi connectivity index (χ0) is 7.40. The van der Waals surface area contributed by atoms with Crippen LogP contribution in [0.1, 0.15) is 5.01 Å². The predicted molar refractivity (Wildman–Crippen MR) is 38.2 cm³/mol. The SMILES string of the molecule is O=C(Cl)OCc1nccs1. The number of carbonyl (C=O) groups is 1. The minimum Gasteiger partial charge on any atom is -0.446 e. The first-order chi connectivity index (χ1) is 4.79. The summed E-state index contributed by atoms with van der Waals surface area (Å²) in [6.07, 6.45) is 1.64. The Kier molecular flexibility index (Phi) is 2.65. The smallest absolute Gasteiger partial charge is 0.404 e. The monoisotopic (exact) mass is 177 g/mol. The number of hydrogen-bond acceptors (Lipinski definition) is 4. The minimum absolute atomic E-state index is 0.167. The molecule has 0 saturated heterocycles. The lowest BCUT2D eigenvalue weighted by atomic mass is 10.7. The van der Waals surface area contributed by atoms with Crippen molar-refractivity contribution >= 4 is 28.4 Å². The van der Waals surface area contributed by atoms with Crippen molar-refractivity contribution in [3.8, 4) is 0 Å². The van der Waals surface area contributed by atoms with Crippen LogP contribution in [0.2, 0.25) is 0 Å². The van der Waals surface area contributed by atoms with Crippen molar-refractivity contribution in [3.05, 3.63) is 16.6 Å². The van der Waals surface area contributed by atoms with E-state index < -0.39 is 5.43 Å². The summed E-state index contributed by atoms with van der Waals surface area (Å²) in [6, 6.07) is 0. The van der Waals surface area contributed by atoms with Crippen LogP contribution in [0.3, 0.4) is 0 Å². The van der Waals surface area contributed by atoms with Crippen LogP contribution in [0.5, 0.6) is 0 Å². The maximum absolute atomic E-state index is 10.1. The molecule has 0 aromatic carbocycles. The van der Waals surface area contributed by atoms with E-state index in [0.717, 1.165) is 5.01 Å². The highest BCUT2D eigenvalue weighted by Gasteiger charge is 1.98. The number of carbonyl (C=O) groups excluding carboxylic acids is 1. The molecule has 10 heavy (non-hydrogen) atoms. The van der Waals surface area contributed by atoms with E-state index in [4.69, 9.17) is 11.6 Å². The average molecular weight is 178 g/mol. The van der Waals surface area contributed by atoms with Gasteiger partial charge in [0.25, 0.3) is 0 Å². The summed E-state index contributed by atoms with van der Waals surface area (Å²) in [5.74, 6) is 0. The molecule has 0 aliphatic carbocycles. The lowest BCUT2D eigenvalue weighted by Crippen LogP contribution is -1.93. The van der Waals surface area contributed by atoms with Gasteiger partial charge in [0.15, 0.2) is 0 Å². The van der Waals surface area contributed by atoms with Crippen LogP contribution in [0.15, 0.2) is 11.6 Å². The van der Waals surface area contributed by atoms with E-state index in [-0.39, 0.29) is 6.61 Å². The maximum atomic E-state index is 10.1. The molecule has 1 heterocycles. The second kappa shape index (κ2) is 3.53. The largest absolute Gasteiger partial charge is 0.446 e. The van der Waals surface area contributed by atoms with Crippen LogP contribution in [0.4, 0.5) is 4.79 Å². The Hall–Kier alpha value is -0.610. The summed E-state index contributed by atoms with van der Waals surface area (Å²) >= 11 is 6.33. The first kappa shape index (κ1) is 7.50. The zero-order valence-electron chi connectivity index (χ0n) is 4.91. The molecule has 3 nitrogen and oxygen atoms in total. The van der Waals surface area contributed by atoms with Gasteiger partial charge in [0, 0.05) is 23.2 Å². The molecular formula is C5H4ClNO2S. The number of nitrogens with zero attached hydrogens (tertiary/aromatic N) is 1. The van der Waals surface area contributed by atoms with Crippen LogP contribution in [0.25, 0.3) is 0 Å². The Labute approximate surface area is 66.6 Å². The van der Waals surface area contributed by atoms with Gasteiger partial charge in [0.2, 0.25) is 0 Å². The van der Waals surface area contributed by atoms with E-state index in [0.29, 0.717) is 0 Å². The van der Waals surface area contributed by atoms with Crippen molar-refractivity contribution in [1.82, 2.24) is 4.98 Å². The molecule has 0 amide bonds. The fourth-order valence-electron chi connectivity index (χ4n) is 0.443. The van der Waals surface area contributed by atoms with E-state index in [1.165, 1.54) is 11.3 Å². The molecule has 0 atom stereocenters. The van der Waals surface area contributed by atoms with Crippen molar-refractivity contribution in [3.63, 3.8) is 0 Å². The molecule has 0 aliphatic rings. The molecule has 1 aromatic rings. The first-order valence-electron chi connectivity index (χ1n) is 2.49. The lowest BCUT2D eigenvalue weighted by molar-refractivity contribution is 0.167. The van der Waals surface area contributed by atoms with E-state index in [9.17, 15) is 4.79 Å². The molecule has 0 fully saturated rings. The topological polar surface area (TPSA) is 39.2 Å². The minimum atomic E-state index is -0.796. The molecule has 0 bridgehead atoms. The number of rotatable bonds is 2. The Balaban J connectivity index is 2.35. The van der Waals surface area contributed by atoms with Gasteiger partial charge in [-0.1, -0.05) is 0 Å². The van der Waals surface area contributed by atoms with Crippen LogP contribution >= 0.6 is 22.9 Å². The maximum Gasteiger partial charge on any atom is 0.404 e. The molecule has 0 spiro atoms. The lowest BCUT2D eigenvalue weighted by Gasteiger charge is -1.93. The molecule has 1 rings (SSSR count). The van der Waals surface area contributed by atoms with Crippen molar-refractivity contribution in [1.29, 1.82) is 0 Å². The van der Waals surface area contributed by atoms with Crippen LogP contribution in [-0.2, 0) is 11.3 Å².